The second-order valence-corrected chi connectivity index (χ2v) is 4.91. The fraction of sp³-hybridized carbons (Fsp3) is 0.364. The van der Waals surface area contributed by atoms with E-state index in [1.165, 1.54) is 0 Å². The van der Waals surface area contributed by atoms with Gasteiger partial charge in [-0.1, -0.05) is 32.4 Å². The van der Waals surface area contributed by atoms with Gasteiger partial charge in [-0.25, -0.2) is 4.98 Å². The first kappa shape index (κ1) is 9.53. The van der Waals surface area contributed by atoms with Crippen molar-refractivity contribution < 1.29 is 0 Å². The van der Waals surface area contributed by atoms with Gasteiger partial charge in [-0.3, -0.25) is 0 Å². The molecule has 0 radical (unpaired) electrons. The average Bonchev–Trinajstić information content (AvgIpc) is 2.45. The van der Waals surface area contributed by atoms with E-state index < -0.39 is 0 Å². The van der Waals surface area contributed by atoms with Crippen LogP contribution in [0.15, 0.2) is 24.5 Å². The summed E-state index contributed by atoms with van der Waals surface area (Å²) >= 11 is 5.90. The maximum Gasteiger partial charge on any atom is 0.118 e. The Bertz CT molecular complexity index is 466. The Balaban J connectivity index is 2.70. The standard InChI is InChI=1S/C11H13ClN2/c1-11(2,3)10-13-7-9-6-8(12)4-5-14(9)10/h4-7H,1-3H3. The molecule has 0 aliphatic heterocycles. The van der Waals surface area contributed by atoms with E-state index in [-0.39, 0.29) is 5.41 Å². The zero-order chi connectivity index (χ0) is 10.3. The molecular weight excluding hydrogens is 196 g/mol. The van der Waals surface area contributed by atoms with Crippen LogP contribution in [-0.4, -0.2) is 9.38 Å². The molecule has 0 aliphatic carbocycles. The molecular formula is C11H13ClN2. The molecule has 0 bridgehead atoms. The van der Waals surface area contributed by atoms with Crippen LogP contribution in [0.2, 0.25) is 5.02 Å². The van der Waals surface area contributed by atoms with Crippen LogP contribution in [0, 0.1) is 0 Å². The number of rotatable bonds is 0. The highest BCUT2D eigenvalue weighted by Crippen LogP contribution is 2.23. The van der Waals surface area contributed by atoms with Crippen LogP contribution < -0.4 is 0 Å². The van der Waals surface area contributed by atoms with Crippen molar-refractivity contribution in [2.75, 3.05) is 0 Å². The van der Waals surface area contributed by atoms with Gasteiger partial charge in [-0.15, -0.1) is 0 Å². The summed E-state index contributed by atoms with van der Waals surface area (Å²) in [5, 5.41) is 0.748. The lowest BCUT2D eigenvalue weighted by molar-refractivity contribution is 0.543. The first-order valence-corrected chi connectivity index (χ1v) is 4.99. The molecule has 2 aromatic heterocycles. The van der Waals surface area contributed by atoms with E-state index in [9.17, 15) is 0 Å². The van der Waals surface area contributed by atoms with Crippen LogP contribution in [0.25, 0.3) is 5.52 Å². The maximum atomic E-state index is 5.90. The van der Waals surface area contributed by atoms with Crippen LogP contribution >= 0.6 is 11.6 Å². The smallest absolute Gasteiger partial charge is 0.118 e. The lowest BCUT2D eigenvalue weighted by Crippen LogP contribution is -2.15. The Kier molecular flexibility index (Phi) is 2.04. The molecule has 0 saturated carbocycles. The lowest BCUT2D eigenvalue weighted by Gasteiger charge is -2.16. The van der Waals surface area contributed by atoms with E-state index >= 15 is 0 Å². The molecule has 0 fully saturated rings. The fourth-order valence-electron chi connectivity index (χ4n) is 1.53. The summed E-state index contributed by atoms with van der Waals surface area (Å²) in [4.78, 5) is 4.41. The maximum absolute atomic E-state index is 5.90. The van der Waals surface area contributed by atoms with Crippen LogP contribution in [0.4, 0.5) is 0 Å². The number of fused-ring (bicyclic) bond motifs is 1. The third-order valence-corrected chi connectivity index (χ3v) is 2.40. The highest BCUT2D eigenvalue weighted by molar-refractivity contribution is 6.30. The number of imidazole rings is 1. The predicted octanol–water partition coefficient (Wildman–Crippen LogP) is 3.29. The van der Waals surface area contributed by atoms with Crippen molar-refractivity contribution >= 4 is 17.1 Å². The molecule has 2 aromatic rings. The highest BCUT2D eigenvalue weighted by Gasteiger charge is 2.19. The van der Waals surface area contributed by atoms with E-state index in [0.717, 1.165) is 16.4 Å². The first-order valence-electron chi connectivity index (χ1n) is 4.61. The molecule has 0 aromatic carbocycles. The minimum atomic E-state index is 0.0558. The average molecular weight is 209 g/mol. The summed E-state index contributed by atoms with van der Waals surface area (Å²) in [5.74, 6) is 1.06. The molecule has 0 N–H and O–H groups in total. The van der Waals surface area contributed by atoms with Gasteiger partial charge in [-0.05, 0) is 12.1 Å². The number of halogens is 1. The van der Waals surface area contributed by atoms with Crippen molar-refractivity contribution in [3.63, 3.8) is 0 Å². The Morgan fingerprint density at radius 1 is 1.36 bits per heavy atom. The largest absolute Gasteiger partial charge is 0.303 e. The SMILES string of the molecule is CC(C)(C)c1ncc2cc(Cl)ccn12. The monoisotopic (exact) mass is 208 g/mol. The third-order valence-electron chi connectivity index (χ3n) is 2.16. The quantitative estimate of drug-likeness (QED) is 0.650. The van der Waals surface area contributed by atoms with E-state index in [2.05, 4.69) is 30.2 Å². The second kappa shape index (κ2) is 2.99. The number of hydrogen-bond acceptors (Lipinski definition) is 1. The first-order chi connectivity index (χ1) is 6.48. The second-order valence-electron chi connectivity index (χ2n) is 4.47. The molecule has 0 spiro atoms. The summed E-state index contributed by atoms with van der Waals surface area (Å²) in [5.41, 5.74) is 1.10. The molecule has 2 heterocycles. The highest BCUT2D eigenvalue weighted by atomic mass is 35.5. The molecule has 3 heteroatoms. The normalized spacial score (nSPS) is 12.3. The number of aromatic nitrogens is 2. The van der Waals surface area contributed by atoms with Crippen LogP contribution in [-0.2, 0) is 5.41 Å². The molecule has 2 rings (SSSR count). The van der Waals surface area contributed by atoms with E-state index in [1.54, 1.807) is 0 Å². The van der Waals surface area contributed by atoms with Crippen molar-refractivity contribution in [3.05, 3.63) is 35.4 Å². The molecule has 2 nitrogen and oxygen atoms in total. The zero-order valence-corrected chi connectivity index (χ0v) is 9.34. The van der Waals surface area contributed by atoms with Crippen molar-refractivity contribution in [2.45, 2.75) is 26.2 Å². The molecule has 14 heavy (non-hydrogen) atoms. The van der Waals surface area contributed by atoms with Gasteiger partial charge in [0.25, 0.3) is 0 Å². The van der Waals surface area contributed by atoms with Gasteiger partial charge in [0.2, 0.25) is 0 Å². The Labute approximate surface area is 88.5 Å². The van der Waals surface area contributed by atoms with Crippen LogP contribution in [0.1, 0.15) is 26.6 Å². The van der Waals surface area contributed by atoms with Gasteiger partial charge in [0, 0.05) is 16.6 Å². The van der Waals surface area contributed by atoms with Crippen molar-refractivity contribution in [3.8, 4) is 0 Å². The molecule has 0 aliphatic rings. The Morgan fingerprint density at radius 2 is 2.07 bits per heavy atom. The van der Waals surface area contributed by atoms with Crippen LogP contribution in [0.5, 0.6) is 0 Å². The van der Waals surface area contributed by atoms with Gasteiger partial charge in [0.15, 0.2) is 0 Å². The summed E-state index contributed by atoms with van der Waals surface area (Å²) in [6, 6.07) is 3.80. The van der Waals surface area contributed by atoms with Crippen molar-refractivity contribution in [1.82, 2.24) is 9.38 Å². The minimum absolute atomic E-state index is 0.0558. The van der Waals surface area contributed by atoms with E-state index in [0.29, 0.717) is 0 Å². The number of pyridine rings is 1. The molecule has 0 unspecified atom stereocenters. The van der Waals surface area contributed by atoms with Gasteiger partial charge < -0.3 is 4.40 Å². The van der Waals surface area contributed by atoms with Crippen molar-refractivity contribution in [2.24, 2.45) is 0 Å². The zero-order valence-electron chi connectivity index (χ0n) is 8.58. The third kappa shape index (κ3) is 1.50. The summed E-state index contributed by atoms with van der Waals surface area (Å²) in [6.45, 7) is 6.45. The molecule has 0 saturated heterocycles. The molecule has 0 amide bonds. The fourth-order valence-corrected chi connectivity index (χ4v) is 1.70. The van der Waals surface area contributed by atoms with Crippen molar-refractivity contribution in [1.29, 1.82) is 0 Å². The Morgan fingerprint density at radius 3 is 2.71 bits per heavy atom. The number of hydrogen-bond donors (Lipinski definition) is 0. The molecule has 0 atom stereocenters. The van der Waals surface area contributed by atoms with E-state index in [4.69, 9.17) is 11.6 Å². The minimum Gasteiger partial charge on any atom is -0.303 e. The van der Waals surface area contributed by atoms with Gasteiger partial charge >= 0.3 is 0 Å². The van der Waals surface area contributed by atoms with Gasteiger partial charge in [-0.2, -0.15) is 0 Å². The van der Waals surface area contributed by atoms with Crippen LogP contribution in [0.3, 0.4) is 0 Å². The predicted molar refractivity (Wildman–Crippen MR) is 58.9 cm³/mol. The topological polar surface area (TPSA) is 17.3 Å². The Hall–Kier alpha value is -1.02. The summed E-state index contributed by atoms with van der Waals surface area (Å²) in [6.07, 6.45) is 3.82. The van der Waals surface area contributed by atoms with Gasteiger partial charge in [0.1, 0.15) is 5.82 Å². The molecule has 74 valence electrons. The summed E-state index contributed by atoms with van der Waals surface area (Å²) in [7, 11) is 0. The lowest BCUT2D eigenvalue weighted by atomic mass is 9.96. The number of nitrogens with zero attached hydrogens (tertiary/aromatic N) is 2. The summed E-state index contributed by atoms with van der Waals surface area (Å²) < 4.78 is 2.08. The van der Waals surface area contributed by atoms with E-state index in [1.807, 2.05) is 24.5 Å². The van der Waals surface area contributed by atoms with Gasteiger partial charge in [0.05, 0.1) is 11.7 Å².